The van der Waals surface area contributed by atoms with Crippen LogP contribution in [0.25, 0.3) is 0 Å². The Hall–Kier alpha value is -0.260. The molecule has 1 rings (SSSR count). The summed E-state index contributed by atoms with van der Waals surface area (Å²) in [6, 6.07) is 0. The normalized spacial score (nSPS) is 17.0. The summed E-state index contributed by atoms with van der Waals surface area (Å²) >= 11 is 2.06. The molecule has 0 unspecified atom stereocenters. The molecule has 4 heteroatoms. The van der Waals surface area contributed by atoms with Crippen LogP contribution >= 0.6 is 22.6 Å². The van der Waals surface area contributed by atoms with Crippen LogP contribution in [-0.2, 0) is 9.88 Å². The van der Waals surface area contributed by atoms with E-state index in [1.165, 1.54) is 6.26 Å². The third-order valence-electron chi connectivity index (χ3n) is 0.423. The molecular weight excluding hydrogens is 209 g/mol. The zero-order valence-electron chi connectivity index (χ0n) is 3.30. The minimum absolute atomic E-state index is 0.920. The summed E-state index contributed by atoms with van der Waals surface area (Å²) in [5.41, 5.74) is 0. The molecule has 0 amide bonds. The van der Waals surface area contributed by atoms with Crippen molar-refractivity contribution in [2.45, 2.75) is 0 Å². The fourth-order valence-electron chi connectivity index (χ4n) is 0.195. The van der Waals surface area contributed by atoms with Crippen LogP contribution in [0.15, 0.2) is 15.0 Å². The van der Waals surface area contributed by atoms with E-state index in [1.807, 2.05) is 0 Å². The van der Waals surface area contributed by atoms with Crippen molar-refractivity contribution < 1.29 is 9.88 Å². The molecule has 0 N–H and O–H groups in total. The van der Waals surface area contributed by atoms with Gasteiger partial charge in [0.15, 0.2) is 6.26 Å². The van der Waals surface area contributed by atoms with Crippen molar-refractivity contribution in [3.05, 3.63) is 9.84 Å². The average Bonchev–Trinajstić information content (AvgIpc) is 1.69. The second-order valence-corrected chi connectivity index (χ2v) is 2.15. The molecule has 0 aliphatic carbocycles. The molecule has 0 atom stereocenters. The van der Waals surface area contributed by atoms with Crippen LogP contribution in [-0.4, -0.2) is 6.21 Å². The summed E-state index contributed by atoms with van der Waals surface area (Å²) in [7, 11) is 0. The highest BCUT2D eigenvalue weighted by atomic mass is 127. The molecule has 0 fully saturated rings. The van der Waals surface area contributed by atoms with E-state index in [0.717, 1.165) is 3.58 Å². The van der Waals surface area contributed by atoms with Crippen molar-refractivity contribution in [1.82, 2.24) is 0 Å². The second kappa shape index (κ2) is 2.15. The smallest absolute Gasteiger partial charge is 0.160 e. The van der Waals surface area contributed by atoms with Gasteiger partial charge in [-0.2, -0.15) is 4.99 Å². The largest absolute Gasteiger partial charge is 0.274 e. The number of nitrogens with zero attached hydrogens (tertiary/aromatic N) is 1. The number of hydrogen-bond acceptors (Lipinski definition) is 3. The van der Waals surface area contributed by atoms with Gasteiger partial charge < -0.3 is 0 Å². The number of oxime groups is 1. The Balaban J connectivity index is 2.58. The molecule has 1 heterocycles. The molecule has 1 aliphatic rings. The molecule has 0 saturated carbocycles. The van der Waals surface area contributed by atoms with Gasteiger partial charge in [0.2, 0.25) is 0 Å². The molecule has 0 aromatic heterocycles. The van der Waals surface area contributed by atoms with Crippen LogP contribution in [0.1, 0.15) is 0 Å². The molecular formula is C3H2INO2. The molecule has 0 radical (unpaired) electrons. The van der Waals surface area contributed by atoms with E-state index < -0.39 is 0 Å². The molecule has 0 spiro atoms. The van der Waals surface area contributed by atoms with E-state index in [4.69, 9.17) is 0 Å². The lowest BCUT2D eigenvalue weighted by atomic mass is 10.7. The maximum atomic E-state index is 4.31. The van der Waals surface area contributed by atoms with Crippen LogP contribution in [0.2, 0.25) is 0 Å². The molecule has 1 aliphatic heterocycles. The third-order valence-corrected chi connectivity index (χ3v) is 0.956. The van der Waals surface area contributed by atoms with E-state index in [-0.39, 0.29) is 0 Å². The minimum Gasteiger partial charge on any atom is -0.274 e. The molecule has 7 heavy (non-hydrogen) atoms. The maximum absolute atomic E-state index is 4.31. The summed E-state index contributed by atoms with van der Waals surface area (Å²) in [6.07, 6.45) is 3.03. The maximum Gasteiger partial charge on any atom is 0.160 e. The highest BCUT2D eigenvalue weighted by Gasteiger charge is 1.91. The predicted octanol–water partition coefficient (Wildman–Crippen LogP) is 1.21. The van der Waals surface area contributed by atoms with Crippen molar-refractivity contribution in [1.29, 1.82) is 0 Å². The third kappa shape index (κ3) is 1.34. The monoisotopic (exact) mass is 211 g/mol. The Morgan fingerprint density at radius 3 is 2.86 bits per heavy atom. The van der Waals surface area contributed by atoms with Crippen LogP contribution < -0.4 is 0 Å². The lowest BCUT2D eigenvalue weighted by molar-refractivity contribution is -0.251. The van der Waals surface area contributed by atoms with Crippen molar-refractivity contribution >= 4 is 28.8 Å². The van der Waals surface area contributed by atoms with E-state index in [9.17, 15) is 0 Å². The molecule has 0 bridgehead atoms. The standard InChI is InChI=1S/C3H2INO2/c4-3-1-5-7-6-2-3/h1-2H. The van der Waals surface area contributed by atoms with Gasteiger partial charge in [-0.25, -0.2) is 0 Å². The van der Waals surface area contributed by atoms with E-state index in [1.54, 1.807) is 6.21 Å². The fourth-order valence-corrected chi connectivity index (χ4v) is 0.412. The lowest BCUT2D eigenvalue weighted by Gasteiger charge is -1.96. The Morgan fingerprint density at radius 1 is 1.71 bits per heavy atom. The summed E-state index contributed by atoms with van der Waals surface area (Å²) < 4.78 is 0.920. The first kappa shape index (κ1) is 4.89. The number of halogens is 1. The van der Waals surface area contributed by atoms with Crippen molar-refractivity contribution in [3.8, 4) is 0 Å². The van der Waals surface area contributed by atoms with Gasteiger partial charge in [-0.3, -0.25) is 4.89 Å². The Labute approximate surface area is 54.0 Å². The van der Waals surface area contributed by atoms with E-state index in [0.29, 0.717) is 0 Å². The summed E-state index contributed by atoms with van der Waals surface area (Å²) in [5, 5.41) is 3.34. The van der Waals surface area contributed by atoms with Gasteiger partial charge in [-0.15, -0.1) is 0 Å². The zero-order chi connectivity index (χ0) is 5.11. The van der Waals surface area contributed by atoms with Crippen molar-refractivity contribution in [2.24, 2.45) is 5.16 Å². The van der Waals surface area contributed by atoms with Crippen molar-refractivity contribution in [2.75, 3.05) is 0 Å². The number of rotatable bonds is 0. The highest BCUT2D eigenvalue weighted by Crippen LogP contribution is 2.05. The Bertz CT molecular complexity index is 120. The first-order valence-electron chi connectivity index (χ1n) is 1.61. The van der Waals surface area contributed by atoms with Gasteiger partial charge in [-0.1, -0.05) is 0 Å². The Kier molecular flexibility index (Phi) is 1.50. The minimum atomic E-state index is 0.920. The first-order valence-corrected chi connectivity index (χ1v) is 2.69. The van der Waals surface area contributed by atoms with Crippen molar-refractivity contribution in [3.63, 3.8) is 0 Å². The van der Waals surface area contributed by atoms with Gasteiger partial charge in [-0.05, 0) is 27.7 Å². The molecule has 3 nitrogen and oxygen atoms in total. The molecule has 0 aromatic carbocycles. The van der Waals surface area contributed by atoms with Gasteiger partial charge in [0.25, 0.3) is 0 Å². The lowest BCUT2D eigenvalue weighted by Crippen LogP contribution is -1.87. The van der Waals surface area contributed by atoms with Crippen LogP contribution in [0.5, 0.6) is 0 Å². The quantitative estimate of drug-likeness (QED) is 0.445. The van der Waals surface area contributed by atoms with Crippen LogP contribution in [0.4, 0.5) is 0 Å². The molecule has 38 valence electrons. The van der Waals surface area contributed by atoms with Gasteiger partial charge in [0.05, 0.1) is 9.79 Å². The fraction of sp³-hybridized carbons (Fsp3) is 0. The number of allylic oxidation sites excluding steroid dienone is 1. The SMILES string of the molecule is IC1=COON=C1. The van der Waals surface area contributed by atoms with E-state index in [2.05, 4.69) is 37.6 Å². The average molecular weight is 211 g/mol. The molecule has 0 saturated heterocycles. The topological polar surface area (TPSA) is 30.8 Å². The van der Waals surface area contributed by atoms with E-state index >= 15 is 0 Å². The van der Waals surface area contributed by atoms with Gasteiger partial charge >= 0.3 is 0 Å². The summed E-state index contributed by atoms with van der Waals surface area (Å²) in [4.78, 5) is 8.44. The Morgan fingerprint density at radius 2 is 2.57 bits per heavy atom. The zero-order valence-corrected chi connectivity index (χ0v) is 5.45. The molecule has 0 aromatic rings. The first-order chi connectivity index (χ1) is 3.39. The second-order valence-electron chi connectivity index (χ2n) is 0.908. The summed E-state index contributed by atoms with van der Waals surface area (Å²) in [6.45, 7) is 0. The highest BCUT2D eigenvalue weighted by molar-refractivity contribution is 14.1. The van der Waals surface area contributed by atoms with Gasteiger partial charge in [0, 0.05) is 0 Å². The summed E-state index contributed by atoms with van der Waals surface area (Å²) in [5.74, 6) is 0. The van der Waals surface area contributed by atoms with Crippen LogP contribution in [0.3, 0.4) is 0 Å². The predicted molar refractivity (Wildman–Crippen MR) is 32.8 cm³/mol. The van der Waals surface area contributed by atoms with Crippen LogP contribution in [0, 0.1) is 0 Å². The number of hydrogen-bond donors (Lipinski definition) is 0. The van der Waals surface area contributed by atoms with Gasteiger partial charge in [0.1, 0.15) is 0 Å².